The molecule has 0 saturated carbocycles. The Morgan fingerprint density at radius 2 is 1.75 bits per heavy atom. The maximum Gasteiger partial charge on any atom is 0.498 e. The minimum atomic E-state index is -0.684. The molecule has 0 aliphatic carbocycles. The van der Waals surface area contributed by atoms with E-state index in [1.54, 1.807) is 38.1 Å². The number of likely N-dealkylation sites (tertiary alicyclic amines) is 1. The molecule has 2 saturated heterocycles. The molecule has 0 spiro atoms. The normalized spacial score (nSPS) is 22.0. The molecule has 3 heterocycles. The molecule has 1 aromatic heterocycles. The zero-order chi connectivity index (χ0) is 26.9. The van der Waals surface area contributed by atoms with Gasteiger partial charge in [0.25, 0.3) is 0 Å². The molecule has 2 fully saturated rings. The Labute approximate surface area is 215 Å². The maximum absolute atomic E-state index is 13.3. The fourth-order valence-electron chi connectivity index (χ4n) is 4.10. The highest BCUT2D eigenvalue weighted by Crippen LogP contribution is 2.36. The summed E-state index contributed by atoms with van der Waals surface area (Å²) in [6, 6.07) is -0.594. The van der Waals surface area contributed by atoms with Crippen LogP contribution in [0, 0.1) is 5.92 Å². The average molecular weight is 504 g/mol. The third kappa shape index (κ3) is 6.67. The average Bonchev–Trinajstić information content (AvgIpc) is 3.30. The third-order valence-electron chi connectivity index (χ3n) is 6.84. The van der Waals surface area contributed by atoms with Gasteiger partial charge in [0.05, 0.1) is 17.2 Å². The van der Waals surface area contributed by atoms with Crippen molar-refractivity contribution in [1.29, 1.82) is 0 Å². The van der Waals surface area contributed by atoms with Crippen LogP contribution in [0.1, 0.15) is 75.2 Å². The second-order valence-corrected chi connectivity index (χ2v) is 11.9. The van der Waals surface area contributed by atoms with E-state index >= 15 is 0 Å². The molecule has 0 aromatic carbocycles. The molecule has 0 bridgehead atoms. The van der Waals surface area contributed by atoms with Crippen molar-refractivity contribution < 1.29 is 28.4 Å². The SMILES string of the molecule is CC(C)[C@@H](NC(=O)OC(C)(C)C)C(=O)N1CCC[C@@H]1COc1ncc(B2OC(C)(C)C(C)(C)O2)cn1. The Balaban J connectivity index is 1.58. The minimum Gasteiger partial charge on any atom is -0.461 e. The highest BCUT2D eigenvalue weighted by atomic mass is 16.7. The van der Waals surface area contributed by atoms with Crippen molar-refractivity contribution in [2.45, 2.75) is 104 Å². The molecule has 3 rings (SSSR count). The van der Waals surface area contributed by atoms with Crippen LogP contribution in [0.5, 0.6) is 6.01 Å². The van der Waals surface area contributed by atoms with E-state index in [1.807, 2.05) is 41.5 Å². The molecule has 1 aromatic rings. The maximum atomic E-state index is 13.3. The number of hydrogen-bond acceptors (Lipinski definition) is 8. The summed E-state index contributed by atoms with van der Waals surface area (Å²) >= 11 is 0. The number of alkyl carbamates (subject to hydrolysis) is 1. The summed E-state index contributed by atoms with van der Waals surface area (Å²) in [5.41, 5.74) is -0.822. The molecule has 0 radical (unpaired) electrons. The molecule has 2 amide bonds. The van der Waals surface area contributed by atoms with Crippen molar-refractivity contribution in [2.24, 2.45) is 5.92 Å². The van der Waals surface area contributed by atoms with E-state index in [2.05, 4.69) is 15.3 Å². The molecule has 10 nitrogen and oxygen atoms in total. The third-order valence-corrected chi connectivity index (χ3v) is 6.84. The second-order valence-electron chi connectivity index (χ2n) is 11.9. The molecule has 11 heteroatoms. The van der Waals surface area contributed by atoms with Crippen molar-refractivity contribution in [3.63, 3.8) is 0 Å². The minimum absolute atomic E-state index is 0.0990. The lowest BCUT2D eigenvalue weighted by Gasteiger charge is -2.32. The number of amides is 2. The van der Waals surface area contributed by atoms with Gasteiger partial charge in [0.2, 0.25) is 5.91 Å². The van der Waals surface area contributed by atoms with E-state index in [0.717, 1.165) is 12.8 Å². The second kappa shape index (κ2) is 10.5. The smallest absolute Gasteiger partial charge is 0.461 e. The number of carbonyl (C=O) groups excluding carboxylic acids is 2. The Hall–Kier alpha value is -2.40. The number of ether oxygens (including phenoxy) is 2. The fraction of sp³-hybridized carbons (Fsp3) is 0.760. The van der Waals surface area contributed by atoms with Gasteiger partial charge in [0, 0.05) is 24.4 Å². The van der Waals surface area contributed by atoms with Gasteiger partial charge in [-0.25, -0.2) is 14.8 Å². The van der Waals surface area contributed by atoms with Crippen LogP contribution >= 0.6 is 0 Å². The highest BCUT2D eigenvalue weighted by molar-refractivity contribution is 6.61. The molecule has 2 atom stereocenters. The topological polar surface area (TPSA) is 112 Å². The van der Waals surface area contributed by atoms with Crippen LogP contribution in [0.15, 0.2) is 12.4 Å². The zero-order valence-corrected chi connectivity index (χ0v) is 23.1. The van der Waals surface area contributed by atoms with Crippen LogP contribution < -0.4 is 15.5 Å². The summed E-state index contributed by atoms with van der Waals surface area (Å²) in [6.45, 7) is 18.0. The Morgan fingerprint density at radius 1 is 1.17 bits per heavy atom. The first-order valence-electron chi connectivity index (χ1n) is 12.7. The molecule has 1 N–H and O–H groups in total. The molecule has 2 aliphatic heterocycles. The lowest BCUT2D eigenvalue weighted by atomic mass is 9.81. The first-order valence-corrected chi connectivity index (χ1v) is 12.7. The van der Waals surface area contributed by atoms with E-state index in [-0.39, 0.29) is 30.5 Å². The molecular formula is C25H41BN4O6. The molecule has 2 aliphatic rings. The number of carbonyl (C=O) groups is 2. The quantitative estimate of drug-likeness (QED) is 0.565. The van der Waals surface area contributed by atoms with E-state index in [1.165, 1.54) is 0 Å². The summed E-state index contributed by atoms with van der Waals surface area (Å²) < 4.78 is 23.3. The number of nitrogens with one attached hydrogen (secondary N) is 1. The van der Waals surface area contributed by atoms with Crippen LogP contribution in [-0.4, -0.2) is 76.0 Å². The van der Waals surface area contributed by atoms with Gasteiger partial charge in [-0.05, 0) is 67.2 Å². The first-order chi connectivity index (χ1) is 16.6. The van der Waals surface area contributed by atoms with E-state index < -0.39 is 36.1 Å². The van der Waals surface area contributed by atoms with Crippen molar-refractivity contribution >= 4 is 24.6 Å². The zero-order valence-electron chi connectivity index (χ0n) is 23.1. The lowest BCUT2D eigenvalue weighted by Crippen LogP contribution is -2.54. The summed E-state index contributed by atoms with van der Waals surface area (Å²) in [7, 11) is -0.544. The van der Waals surface area contributed by atoms with Crippen LogP contribution in [0.25, 0.3) is 0 Å². The van der Waals surface area contributed by atoms with E-state index in [0.29, 0.717) is 12.0 Å². The van der Waals surface area contributed by atoms with Crippen molar-refractivity contribution in [2.75, 3.05) is 13.2 Å². The summed E-state index contributed by atoms with van der Waals surface area (Å²) in [5.74, 6) is -0.239. The largest absolute Gasteiger partial charge is 0.498 e. The lowest BCUT2D eigenvalue weighted by molar-refractivity contribution is -0.136. The molecule has 36 heavy (non-hydrogen) atoms. The van der Waals surface area contributed by atoms with Gasteiger partial charge in [-0.15, -0.1) is 0 Å². The Bertz CT molecular complexity index is 915. The summed E-state index contributed by atoms with van der Waals surface area (Å²) in [4.78, 5) is 36.1. The summed E-state index contributed by atoms with van der Waals surface area (Å²) in [5, 5.41) is 2.75. The van der Waals surface area contributed by atoms with Crippen molar-refractivity contribution in [3.05, 3.63) is 12.4 Å². The van der Waals surface area contributed by atoms with Gasteiger partial charge >= 0.3 is 19.2 Å². The molecule has 200 valence electrons. The van der Waals surface area contributed by atoms with E-state index in [4.69, 9.17) is 18.8 Å². The standard InChI is InChI=1S/C25H41BN4O6/c1-16(2)19(29-22(32)34-23(3,4)5)20(31)30-12-10-11-18(30)15-33-21-27-13-17(14-28-21)26-35-24(6,7)25(8,9)36-26/h13-14,16,18-19H,10-12,15H2,1-9H3,(H,29,32)/t18-,19-/m1/s1. The van der Waals surface area contributed by atoms with Gasteiger partial charge in [0.1, 0.15) is 18.2 Å². The van der Waals surface area contributed by atoms with E-state index in [9.17, 15) is 9.59 Å². The van der Waals surface area contributed by atoms with Crippen LogP contribution in [-0.2, 0) is 18.8 Å². The first kappa shape index (κ1) is 28.2. The van der Waals surface area contributed by atoms with Crippen LogP contribution in [0.2, 0.25) is 0 Å². The monoisotopic (exact) mass is 504 g/mol. The van der Waals surface area contributed by atoms with Crippen LogP contribution in [0.3, 0.4) is 0 Å². The van der Waals surface area contributed by atoms with Gasteiger partial charge in [-0.1, -0.05) is 13.8 Å². The van der Waals surface area contributed by atoms with Gasteiger partial charge in [-0.2, -0.15) is 0 Å². The number of hydrogen-bond donors (Lipinski definition) is 1. The van der Waals surface area contributed by atoms with Crippen LogP contribution in [0.4, 0.5) is 4.79 Å². The Morgan fingerprint density at radius 3 is 2.28 bits per heavy atom. The highest BCUT2D eigenvalue weighted by Gasteiger charge is 2.52. The van der Waals surface area contributed by atoms with Gasteiger partial charge in [-0.3, -0.25) is 4.79 Å². The van der Waals surface area contributed by atoms with Crippen molar-refractivity contribution in [1.82, 2.24) is 20.2 Å². The Kier molecular flexibility index (Phi) is 8.25. The number of aromatic nitrogens is 2. The van der Waals surface area contributed by atoms with Crippen molar-refractivity contribution in [3.8, 4) is 6.01 Å². The predicted octanol–water partition coefficient (Wildman–Crippen LogP) is 2.69. The predicted molar refractivity (Wildman–Crippen MR) is 136 cm³/mol. The molecule has 0 unspecified atom stereocenters. The molecular weight excluding hydrogens is 463 g/mol. The fourth-order valence-corrected chi connectivity index (χ4v) is 4.10. The summed E-state index contributed by atoms with van der Waals surface area (Å²) in [6.07, 6.45) is 4.34. The van der Waals surface area contributed by atoms with Gasteiger partial charge < -0.3 is 29.0 Å². The number of rotatable bonds is 7. The number of nitrogens with zero attached hydrogens (tertiary/aromatic N) is 3. The van der Waals surface area contributed by atoms with Gasteiger partial charge in [0.15, 0.2) is 0 Å².